The van der Waals surface area contributed by atoms with Crippen molar-refractivity contribution in [3.63, 3.8) is 0 Å². The molecule has 1 N–H and O–H groups in total. The van der Waals surface area contributed by atoms with Crippen molar-refractivity contribution in [2.75, 3.05) is 4.90 Å². The van der Waals surface area contributed by atoms with Crippen molar-refractivity contribution in [1.82, 2.24) is 0 Å². The maximum Gasteiger partial charge on any atom is 0.263 e. The van der Waals surface area contributed by atoms with Crippen LogP contribution in [0.25, 0.3) is 11.6 Å². The van der Waals surface area contributed by atoms with Crippen LogP contribution in [0.2, 0.25) is 0 Å². The Morgan fingerprint density at radius 3 is 2.38 bits per heavy atom. The van der Waals surface area contributed by atoms with Gasteiger partial charge in [0.25, 0.3) is 5.91 Å². The van der Waals surface area contributed by atoms with Gasteiger partial charge in [-0.2, -0.15) is 0 Å². The Bertz CT molecular complexity index is 945. The third-order valence-electron chi connectivity index (χ3n) is 4.07. The zero-order chi connectivity index (χ0) is 16.5. The number of nitrogens with zero attached hydrogens (tertiary/aromatic N) is 1. The maximum absolute atomic E-state index is 13.1. The molecule has 0 atom stereocenters. The standard InChI is InChI=1S/C21H15NO2/c23-17-10-6-9-16(14-17)22-20-12-5-4-11-18(20)19(21(22)24)13-15-7-2-1-3-8-15/h1-14,23H/b19-13-. The topological polar surface area (TPSA) is 40.5 Å². The first-order valence-corrected chi connectivity index (χ1v) is 7.74. The Kier molecular flexibility index (Phi) is 3.39. The van der Waals surface area contributed by atoms with Gasteiger partial charge in [-0.15, -0.1) is 0 Å². The smallest absolute Gasteiger partial charge is 0.263 e. The molecule has 0 aliphatic carbocycles. The molecule has 0 aromatic heterocycles. The van der Waals surface area contributed by atoms with E-state index in [0.717, 1.165) is 16.8 Å². The number of phenolic OH excluding ortho intramolecular Hbond substituents is 1. The number of aromatic hydroxyl groups is 1. The normalized spacial score (nSPS) is 14.9. The number of carbonyl (C=O) groups is 1. The summed E-state index contributed by atoms with van der Waals surface area (Å²) in [4.78, 5) is 14.7. The van der Waals surface area contributed by atoms with Gasteiger partial charge in [0.1, 0.15) is 5.75 Å². The minimum atomic E-state index is -0.0920. The van der Waals surface area contributed by atoms with Crippen LogP contribution in [-0.4, -0.2) is 11.0 Å². The number of para-hydroxylation sites is 1. The molecular weight excluding hydrogens is 298 g/mol. The molecule has 0 saturated carbocycles. The summed E-state index contributed by atoms with van der Waals surface area (Å²) in [6.45, 7) is 0. The van der Waals surface area contributed by atoms with Crippen molar-refractivity contribution >= 4 is 28.9 Å². The van der Waals surface area contributed by atoms with E-state index in [1.165, 1.54) is 0 Å². The average Bonchev–Trinajstić information content (AvgIpc) is 2.88. The van der Waals surface area contributed by atoms with Crippen LogP contribution in [0, 0.1) is 0 Å². The highest BCUT2D eigenvalue weighted by atomic mass is 16.3. The molecule has 1 aliphatic rings. The third-order valence-corrected chi connectivity index (χ3v) is 4.07. The first-order valence-electron chi connectivity index (χ1n) is 7.74. The summed E-state index contributed by atoms with van der Waals surface area (Å²) in [6.07, 6.45) is 1.91. The lowest BCUT2D eigenvalue weighted by Crippen LogP contribution is -2.20. The van der Waals surface area contributed by atoms with E-state index in [9.17, 15) is 9.90 Å². The zero-order valence-corrected chi connectivity index (χ0v) is 12.9. The molecule has 0 unspecified atom stereocenters. The van der Waals surface area contributed by atoms with E-state index in [4.69, 9.17) is 0 Å². The predicted octanol–water partition coefficient (Wildman–Crippen LogP) is 4.61. The molecule has 0 radical (unpaired) electrons. The second kappa shape index (κ2) is 5.70. The molecule has 116 valence electrons. The van der Waals surface area contributed by atoms with Crippen molar-refractivity contribution in [1.29, 1.82) is 0 Å². The van der Waals surface area contributed by atoms with Crippen LogP contribution in [-0.2, 0) is 4.79 Å². The summed E-state index contributed by atoms with van der Waals surface area (Å²) in [6, 6.07) is 24.2. The van der Waals surface area contributed by atoms with Gasteiger partial charge in [0.2, 0.25) is 0 Å². The molecule has 0 spiro atoms. The Labute approximate surface area is 140 Å². The second-order valence-corrected chi connectivity index (χ2v) is 5.65. The van der Waals surface area contributed by atoms with Crippen LogP contribution < -0.4 is 4.90 Å². The summed E-state index contributed by atoms with van der Waals surface area (Å²) in [5.41, 5.74) is 4.02. The van der Waals surface area contributed by atoms with Crippen LogP contribution in [0.5, 0.6) is 5.75 Å². The quantitative estimate of drug-likeness (QED) is 0.702. The summed E-state index contributed by atoms with van der Waals surface area (Å²) in [5.74, 6) is 0.0453. The molecule has 1 aliphatic heterocycles. The minimum absolute atomic E-state index is 0.0920. The molecule has 3 aromatic carbocycles. The first kappa shape index (κ1) is 14.3. The van der Waals surface area contributed by atoms with Crippen LogP contribution in [0.3, 0.4) is 0 Å². The summed E-state index contributed by atoms with van der Waals surface area (Å²) in [7, 11) is 0. The number of amides is 1. The summed E-state index contributed by atoms with van der Waals surface area (Å²) < 4.78 is 0. The van der Waals surface area contributed by atoms with Gasteiger partial charge >= 0.3 is 0 Å². The van der Waals surface area contributed by atoms with Crippen molar-refractivity contribution in [3.8, 4) is 5.75 Å². The minimum Gasteiger partial charge on any atom is -0.508 e. The molecule has 1 amide bonds. The highest BCUT2D eigenvalue weighted by molar-refractivity contribution is 6.38. The Morgan fingerprint density at radius 2 is 1.58 bits per heavy atom. The number of hydrogen-bond acceptors (Lipinski definition) is 2. The van der Waals surface area contributed by atoms with E-state index >= 15 is 0 Å². The number of benzene rings is 3. The fourth-order valence-electron chi connectivity index (χ4n) is 2.99. The van der Waals surface area contributed by atoms with Gasteiger partial charge in [-0.25, -0.2) is 0 Å². The van der Waals surface area contributed by atoms with Gasteiger partial charge in [-0.3, -0.25) is 9.69 Å². The Morgan fingerprint density at radius 1 is 0.833 bits per heavy atom. The van der Waals surface area contributed by atoms with Gasteiger partial charge < -0.3 is 5.11 Å². The van der Waals surface area contributed by atoms with E-state index in [1.54, 1.807) is 23.1 Å². The third kappa shape index (κ3) is 2.36. The molecule has 4 rings (SSSR count). The lowest BCUT2D eigenvalue weighted by atomic mass is 10.0. The fraction of sp³-hybridized carbons (Fsp3) is 0. The number of anilines is 2. The van der Waals surface area contributed by atoms with E-state index in [1.807, 2.05) is 66.7 Å². The van der Waals surface area contributed by atoms with Crippen LogP contribution >= 0.6 is 0 Å². The number of rotatable bonds is 2. The van der Waals surface area contributed by atoms with Crippen molar-refractivity contribution < 1.29 is 9.90 Å². The van der Waals surface area contributed by atoms with Crippen molar-refractivity contribution in [2.24, 2.45) is 0 Å². The van der Waals surface area contributed by atoms with E-state index in [-0.39, 0.29) is 11.7 Å². The summed E-state index contributed by atoms with van der Waals surface area (Å²) in [5, 5.41) is 9.76. The molecule has 3 aromatic rings. The maximum atomic E-state index is 13.1. The molecule has 24 heavy (non-hydrogen) atoms. The van der Waals surface area contributed by atoms with Gasteiger partial charge in [-0.1, -0.05) is 54.6 Å². The largest absolute Gasteiger partial charge is 0.508 e. The second-order valence-electron chi connectivity index (χ2n) is 5.65. The lowest BCUT2D eigenvalue weighted by Gasteiger charge is -2.17. The predicted molar refractivity (Wildman–Crippen MR) is 96.0 cm³/mol. The zero-order valence-electron chi connectivity index (χ0n) is 12.9. The molecule has 1 heterocycles. The lowest BCUT2D eigenvalue weighted by molar-refractivity contribution is -0.112. The number of phenols is 1. The molecule has 0 bridgehead atoms. The van der Waals surface area contributed by atoms with Gasteiger partial charge in [0.15, 0.2) is 0 Å². The highest BCUT2D eigenvalue weighted by Crippen LogP contribution is 2.42. The fourth-order valence-corrected chi connectivity index (χ4v) is 2.99. The first-order chi connectivity index (χ1) is 11.7. The molecule has 0 saturated heterocycles. The Balaban J connectivity index is 1.87. The molecule has 3 nitrogen and oxygen atoms in total. The average molecular weight is 313 g/mol. The van der Waals surface area contributed by atoms with Gasteiger partial charge in [0, 0.05) is 11.6 Å². The monoisotopic (exact) mass is 313 g/mol. The van der Waals surface area contributed by atoms with Crippen molar-refractivity contribution in [3.05, 3.63) is 90.0 Å². The van der Waals surface area contributed by atoms with Crippen LogP contribution in [0.4, 0.5) is 11.4 Å². The molecule has 3 heteroatoms. The van der Waals surface area contributed by atoms with Crippen LogP contribution in [0.15, 0.2) is 78.9 Å². The van der Waals surface area contributed by atoms with Gasteiger partial charge in [0.05, 0.1) is 16.9 Å². The van der Waals surface area contributed by atoms with E-state index in [2.05, 4.69) is 0 Å². The van der Waals surface area contributed by atoms with E-state index < -0.39 is 0 Å². The summed E-state index contributed by atoms with van der Waals surface area (Å²) >= 11 is 0. The number of fused-ring (bicyclic) bond motifs is 1. The number of hydrogen-bond donors (Lipinski definition) is 1. The van der Waals surface area contributed by atoms with Gasteiger partial charge in [-0.05, 0) is 29.8 Å². The number of carbonyl (C=O) groups excluding carboxylic acids is 1. The van der Waals surface area contributed by atoms with Crippen molar-refractivity contribution in [2.45, 2.75) is 0 Å². The van der Waals surface area contributed by atoms with E-state index in [0.29, 0.717) is 11.3 Å². The molecule has 0 fully saturated rings. The highest BCUT2D eigenvalue weighted by Gasteiger charge is 2.33. The Hall–Kier alpha value is -3.33. The molecular formula is C21H15NO2. The SMILES string of the molecule is O=C1/C(=C\c2ccccc2)c2ccccc2N1c1cccc(O)c1. The van der Waals surface area contributed by atoms with Crippen LogP contribution in [0.1, 0.15) is 11.1 Å².